The van der Waals surface area contributed by atoms with Gasteiger partial charge in [-0.05, 0) is 30.7 Å². The van der Waals surface area contributed by atoms with Gasteiger partial charge in [-0.1, -0.05) is 34.8 Å². The van der Waals surface area contributed by atoms with Gasteiger partial charge >= 0.3 is 5.97 Å². The molecule has 0 fully saturated rings. The Labute approximate surface area is 153 Å². The summed E-state index contributed by atoms with van der Waals surface area (Å²) in [4.78, 5) is 17.0. The van der Waals surface area contributed by atoms with Crippen molar-refractivity contribution in [2.45, 2.75) is 17.9 Å². The molecule has 0 bridgehead atoms. The fourth-order valence-corrected chi connectivity index (χ4v) is 3.42. The highest BCUT2D eigenvalue weighted by molar-refractivity contribution is 7.89. The van der Waals surface area contributed by atoms with E-state index in [-0.39, 0.29) is 16.2 Å². The zero-order chi connectivity index (χ0) is 19.3. The first kappa shape index (κ1) is 19.9. The number of methoxy groups -OCH3 is 1. The Hall–Kier alpha value is -2.42. The molecule has 140 valence electrons. The maximum absolute atomic E-state index is 12.5. The highest BCUT2D eigenvalue weighted by Gasteiger charge is 2.27. The number of hydroxylamine groups is 1. The van der Waals surface area contributed by atoms with Crippen LogP contribution in [0.1, 0.15) is 28.9 Å². The third kappa shape index (κ3) is 4.21. The molecule has 7 nitrogen and oxygen atoms in total. The van der Waals surface area contributed by atoms with Gasteiger partial charge in [0.2, 0.25) is 0 Å². The number of rotatable bonds is 7. The van der Waals surface area contributed by atoms with Crippen molar-refractivity contribution in [2.24, 2.45) is 0 Å². The van der Waals surface area contributed by atoms with Gasteiger partial charge in [0.25, 0.3) is 10.0 Å². The van der Waals surface area contributed by atoms with E-state index in [9.17, 15) is 13.2 Å². The predicted molar refractivity (Wildman–Crippen MR) is 95.2 cm³/mol. The van der Waals surface area contributed by atoms with Crippen molar-refractivity contribution >= 4 is 16.0 Å². The minimum atomic E-state index is -3.99. The maximum atomic E-state index is 12.5. The molecule has 0 N–H and O–H groups in total. The molecule has 0 aromatic heterocycles. The molecule has 0 saturated carbocycles. The second-order valence-electron chi connectivity index (χ2n) is 5.42. The number of ether oxygens (including phenoxy) is 2. The van der Waals surface area contributed by atoms with Crippen molar-refractivity contribution < 1.29 is 27.5 Å². The lowest BCUT2D eigenvalue weighted by atomic mass is 10.1. The first-order valence-corrected chi connectivity index (χ1v) is 9.22. The Kier molecular flexibility index (Phi) is 6.36. The minimum absolute atomic E-state index is 0.0941. The summed E-state index contributed by atoms with van der Waals surface area (Å²) in [6.07, 6.45) is -0.479. The van der Waals surface area contributed by atoms with Crippen LogP contribution in [0.25, 0.3) is 0 Å². The van der Waals surface area contributed by atoms with Crippen molar-refractivity contribution in [3.05, 3.63) is 59.7 Å². The minimum Gasteiger partial charge on any atom is -0.495 e. The number of hydrogen-bond acceptors (Lipinski definition) is 6. The summed E-state index contributed by atoms with van der Waals surface area (Å²) >= 11 is 0. The first-order valence-electron chi connectivity index (χ1n) is 7.78. The lowest BCUT2D eigenvalue weighted by Gasteiger charge is -2.18. The molecule has 8 heteroatoms. The number of nitrogens with zero attached hydrogens (tertiary/aromatic N) is 1. The fourth-order valence-electron chi connectivity index (χ4n) is 2.26. The molecule has 0 aliphatic heterocycles. The molecule has 1 atom stereocenters. The van der Waals surface area contributed by atoms with E-state index < -0.39 is 22.1 Å². The molecule has 26 heavy (non-hydrogen) atoms. The Bertz CT molecular complexity index is 867. The number of carbonyl (C=O) groups is 1. The van der Waals surface area contributed by atoms with Crippen LogP contribution < -0.4 is 4.74 Å². The van der Waals surface area contributed by atoms with E-state index in [0.29, 0.717) is 4.47 Å². The van der Waals surface area contributed by atoms with Gasteiger partial charge in [0, 0.05) is 7.05 Å². The fraction of sp³-hybridized carbons (Fsp3) is 0.278. The van der Waals surface area contributed by atoms with Crippen molar-refractivity contribution in [1.82, 2.24) is 4.47 Å². The van der Waals surface area contributed by atoms with E-state index >= 15 is 0 Å². The normalized spacial score (nSPS) is 12.7. The number of benzene rings is 2. The molecular formula is C18H21NO6S. The van der Waals surface area contributed by atoms with Crippen LogP contribution in [0.3, 0.4) is 0 Å². The lowest BCUT2D eigenvalue weighted by Crippen LogP contribution is -2.26. The topological polar surface area (TPSA) is 82.1 Å². The summed E-state index contributed by atoms with van der Waals surface area (Å²) in [5, 5.41) is 0. The van der Waals surface area contributed by atoms with Crippen LogP contribution in [0.5, 0.6) is 5.75 Å². The Balaban J connectivity index is 2.33. The molecule has 2 aromatic carbocycles. The van der Waals surface area contributed by atoms with E-state index in [2.05, 4.69) is 0 Å². The molecule has 0 unspecified atom stereocenters. The van der Waals surface area contributed by atoms with E-state index in [0.717, 1.165) is 5.56 Å². The molecule has 2 rings (SSSR count). The van der Waals surface area contributed by atoms with Gasteiger partial charge in [0.15, 0.2) is 0 Å². The summed E-state index contributed by atoms with van der Waals surface area (Å²) in [7, 11) is -0.173. The second kappa shape index (κ2) is 8.31. The molecule has 0 amide bonds. The van der Waals surface area contributed by atoms with E-state index in [1.807, 2.05) is 30.3 Å². The van der Waals surface area contributed by atoms with Crippen LogP contribution in [0.15, 0.2) is 53.4 Å². The van der Waals surface area contributed by atoms with Crippen molar-refractivity contribution in [2.75, 3.05) is 21.3 Å². The van der Waals surface area contributed by atoms with Gasteiger partial charge in [-0.2, -0.15) is 0 Å². The molecule has 0 heterocycles. The monoisotopic (exact) mass is 379 g/mol. The number of carbonyl (C=O) groups excluding carboxylic acids is 1. The van der Waals surface area contributed by atoms with Gasteiger partial charge in [0.1, 0.15) is 16.7 Å². The molecule has 2 aromatic rings. The molecule has 0 aliphatic rings. The Morgan fingerprint density at radius 2 is 1.73 bits per heavy atom. The molecule has 0 aliphatic carbocycles. The van der Waals surface area contributed by atoms with Gasteiger partial charge in [0.05, 0.1) is 19.8 Å². The van der Waals surface area contributed by atoms with Crippen LogP contribution in [0, 0.1) is 0 Å². The summed E-state index contributed by atoms with van der Waals surface area (Å²) < 4.78 is 36.3. The average molecular weight is 379 g/mol. The standard InChI is InChI=1S/C18H21NO6S/c1-13(14-8-6-5-7-9-14)25-18(20)15-10-11-16(23-3)17(12-15)26(21,22)19(2)24-4/h5-13H,1-4H3/t13-/m1/s1. The van der Waals surface area contributed by atoms with Crippen LogP contribution in [0.2, 0.25) is 0 Å². The van der Waals surface area contributed by atoms with E-state index in [1.54, 1.807) is 6.92 Å². The van der Waals surface area contributed by atoms with Gasteiger partial charge in [-0.15, -0.1) is 0 Å². The van der Waals surface area contributed by atoms with E-state index in [1.165, 1.54) is 39.5 Å². The summed E-state index contributed by atoms with van der Waals surface area (Å²) in [6.45, 7) is 1.74. The third-order valence-electron chi connectivity index (χ3n) is 3.83. The lowest BCUT2D eigenvalue weighted by molar-refractivity contribution is -0.0259. The second-order valence-corrected chi connectivity index (χ2v) is 7.33. The number of sulfonamides is 1. The molecule has 0 radical (unpaired) electrons. The van der Waals surface area contributed by atoms with Crippen LogP contribution in [-0.4, -0.2) is 40.1 Å². The zero-order valence-electron chi connectivity index (χ0n) is 15.0. The average Bonchev–Trinajstić information content (AvgIpc) is 2.67. The van der Waals surface area contributed by atoms with Crippen LogP contribution >= 0.6 is 0 Å². The van der Waals surface area contributed by atoms with Crippen LogP contribution in [0.4, 0.5) is 0 Å². The summed E-state index contributed by atoms with van der Waals surface area (Å²) in [5.74, 6) is -0.540. The van der Waals surface area contributed by atoms with Gasteiger partial charge in [-0.3, -0.25) is 4.84 Å². The van der Waals surface area contributed by atoms with Crippen molar-refractivity contribution in [3.63, 3.8) is 0 Å². The van der Waals surface area contributed by atoms with Crippen LogP contribution in [-0.2, 0) is 19.6 Å². The first-order chi connectivity index (χ1) is 12.3. The smallest absolute Gasteiger partial charge is 0.338 e. The Morgan fingerprint density at radius 3 is 2.31 bits per heavy atom. The van der Waals surface area contributed by atoms with Crippen molar-refractivity contribution in [3.8, 4) is 5.75 Å². The highest BCUT2D eigenvalue weighted by Crippen LogP contribution is 2.28. The van der Waals surface area contributed by atoms with Crippen molar-refractivity contribution in [1.29, 1.82) is 0 Å². The van der Waals surface area contributed by atoms with Gasteiger partial charge < -0.3 is 9.47 Å². The number of hydrogen-bond donors (Lipinski definition) is 0. The maximum Gasteiger partial charge on any atom is 0.338 e. The third-order valence-corrected chi connectivity index (χ3v) is 5.53. The largest absolute Gasteiger partial charge is 0.495 e. The van der Waals surface area contributed by atoms with Gasteiger partial charge in [-0.25, -0.2) is 13.2 Å². The molecule has 0 saturated heterocycles. The predicted octanol–water partition coefficient (Wildman–Crippen LogP) is 2.80. The quantitative estimate of drug-likeness (QED) is 0.543. The summed E-state index contributed by atoms with van der Waals surface area (Å²) in [5.41, 5.74) is 0.929. The number of esters is 1. The SMILES string of the molecule is COc1ccc(C(=O)O[C@H](C)c2ccccc2)cc1S(=O)(=O)N(C)OC. The molecular weight excluding hydrogens is 358 g/mol. The highest BCUT2D eigenvalue weighted by atomic mass is 32.2. The summed E-state index contributed by atoms with van der Waals surface area (Å²) in [6, 6.07) is 13.3. The Morgan fingerprint density at radius 1 is 1.08 bits per heavy atom. The zero-order valence-corrected chi connectivity index (χ0v) is 15.8. The van der Waals surface area contributed by atoms with E-state index in [4.69, 9.17) is 14.3 Å². The molecule has 0 spiro atoms.